The lowest BCUT2D eigenvalue weighted by Gasteiger charge is -2.03. The predicted molar refractivity (Wildman–Crippen MR) is 49.2 cm³/mol. The highest BCUT2D eigenvalue weighted by atomic mass is 127. The molecule has 0 aliphatic carbocycles. The minimum atomic E-state index is -0.445. The number of alkyl halides is 1. The Hall–Kier alpha value is -0.650. The summed E-state index contributed by atoms with van der Waals surface area (Å²) in [5.74, 6) is -0.977. The van der Waals surface area contributed by atoms with E-state index in [-0.39, 0.29) is 11.5 Å². The molecular formula is C7H7IO3. The molecule has 0 spiro atoms. The Labute approximate surface area is 77.4 Å². The average Bonchev–Trinajstić information content (AvgIpc) is 2.01. The molecule has 0 aliphatic heterocycles. The first kappa shape index (κ1) is 8.45. The van der Waals surface area contributed by atoms with Crippen molar-refractivity contribution in [1.82, 2.24) is 0 Å². The highest BCUT2D eigenvalue weighted by Crippen LogP contribution is 2.37. The van der Waals surface area contributed by atoms with Gasteiger partial charge >= 0.3 is 0 Å². The number of hydrogen-bond donors (Lipinski definition) is 3. The lowest BCUT2D eigenvalue weighted by Crippen LogP contribution is -1.79. The number of rotatable bonds is 1. The Kier molecular flexibility index (Phi) is 2.43. The Balaban J connectivity index is 3.25. The second kappa shape index (κ2) is 3.17. The monoisotopic (exact) mass is 266 g/mol. The van der Waals surface area contributed by atoms with Gasteiger partial charge in [0.1, 0.15) is 0 Å². The van der Waals surface area contributed by atoms with Gasteiger partial charge in [0.15, 0.2) is 11.5 Å². The third-order valence-electron chi connectivity index (χ3n) is 1.36. The van der Waals surface area contributed by atoms with Crippen molar-refractivity contribution >= 4 is 22.6 Å². The number of phenols is 3. The van der Waals surface area contributed by atoms with Gasteiger partial charge in [0.25, 0.3) is 0 Å². The molecule has 60 valence electrons. The summed E-state index contributed by atoms with van der Waals surface area (Å²) in [7, 11) is 0. The summed E-state index contributed by atoms with van der Waals surface area (Å²) in [5, 5.41) is 27.1. The fourth-order valence-corrected chi connectivity index (χ4v) is 1.33. The molecule has 4 heteroatoms. The van der Waals surface area contributed by atoms with E-state index in [0.717, 1.165) is 0 Å². The molecule has 0 bridgehead atoms. The molecular weight excluding hydrogens is 259 g/mol. The van der Waals surface area contributed by atoms with Crippen molar-refractivity contribution in [2.24, 2.45) is 0 Å². The largest absolute Gasteiger partial charge is 0.504 e. The van der Waals surface area contributed by atoms with Gasteiger partial charge in [-0.1, -0.05) is 28.7 Å². The van der Waals surface area contributed by atoms with Gasteiger partial charge in [0.05, 0.1) is 0 Å². The maximum atomic E-state index is 9.16. The molecule has 0 radical (unpaired) electrons. The summed E-state index contributed by atoms with van der Waals surface area (Å²) in [6.45, 7) is 0. The zero-order valence-corrected chi connectivity index (χ0v) is 7.74. The first-order chi connectivity index (χ1) is 5.16. The van der Waals surface area contributed by atoms with Crippen LogP contribution in [-0.4, -0.2) is 15.3 Å². The maximum Gasteiger partial charge on any atom is 0.200 e. The highest BCUT2D eigenvalue weighted by molar-refractivity contribution is 14.1. The van der Waals surface area contributed by atoms with E-state index in [1.165, 1.54) is 6.07 Å². The van der Waals surface area contributed by atoms with Crippen LogP contribution in [0, 0.1) is 0 Å². The normalized spacial score (nSPS) is 9.91. The van der Waals surface area contributed by atoms with Crippen LogP contribution in [0.15, 0.2) is 12.1 Å². The SMILES string of the molecule is Oc1ccc(CI)c(O)c1O. The lowest BCUT2D eigenvalue weighted by atomic mass is 10.2. The molecule has 0 amide bonds. The number of phenolic OH excluding ortho intramolecular Hbond substituents is 3. The third kappa shape index (κ3) is 1.50. The van der Waals surface area contributed by atoms with Crippen LogP contribution in [0.2, 0.25) is 0 Å². The van der Waals surface area contributed by atoms with Crippen LogP contribution in [0.25, 0.3) is 0 Å². The zero-order valence-electron chi connectivity index (χ0n) is 5.58. The van der Waals surface area contributed by atoms with Crippen LogP contribution in [0.5, 0.6) is 17.2 Å². The minimum absolute atomic E-state index is 0.237. The number of halogens is 1. The summed E-state index contributed by atoms with van der Waals surface area (Å²) >= 11 is 2.05. The first-order valence-corrected chi connectivity index (χ1v) is 4.48. The predicted octanol–water partition coefficient (Wildman–Crippen LogP) is 1.74. The molecule has 0 aliphatic rings. The van der Waals surface area contributed by atoms with E-state index in [0.29, 0.717) is 9.99 Å². The van der Waals surface area contributed by atoms with Gasteiger partial charge in [0.2, 0.25) is 5.75 Å². The zero-order chi connectivity index (χ0) is 8.43. The van der Waals surface area contributed by atoms with Crippen molar-refractivity contribution in [2.45, 2.75) is 4.43 Å². The minimum Gasteiger partial charge on any atom is -0.504 e. The Morgan fingerprint density at radius 3 is 2.27 bits per heavy atom. The average molecular weight is 266 g/mol. The molecule has 3 N–H and O–H groups in total. The molecule has 0 heterocycles. The maximum absolute atomic E-state index is 9.16. The second-order valence-electron chi connectivity index (χ2n) is 2.07. The Bertz CT molecular complexity index is 273. The van der Waals surface area contributed by atoms with Crippen molar-refractivity contribution in [3.63, 3.8) is 0 Å². The Morgan fingerprint density at radius 2 is 1.73 bits per heavy atom. The van der Waals surface area contributed by atoms with Crippen molar-refractivity contribution in [3.8, 4) is 17.2 Å². The van der Waals surface area contributed by atoms with Gasteiger partial charge in [-0.3, -0.25) is 0 Å². The van der Waals surface area contributed by atoms with Gasteiger partial charge in [-0.2, -0.15) is 0 Å². The molecule has 1 rings (SSSR count). The summed E-state index contributed by atoms with van der Waals surface area (Å²) in [4.78, 5) is 0. The molecule has 0 atom stereocenters. The molecule has 0 saturated heterocycles. The van der Waals surface area contributed by atoms with Gasteiger partial charge in [-0.25, -0.2) is 0 Å². The van der Waals surface area contributed by atoms with E-state index in [2.05, 4.69) is 22.6 Å². The summed E-state index contributed by atoms with van der Waals surface area (Å²) in [6, 6.07) is 2.92. The fourth-order valence-electron chi connectivity index (χ4n) is 0.719. The summed E-state index contributed by atoms with van der Waals surface area (Å²) in [5.41, 5.74) is 0.612. The number of benzene rings is 1. The summed E-state index contributed by atoms with van der Waals surface area (Å²) in [6.07, 6.45) is 0. The van der Waals surface area contributed by atoms with E-state index >= 15 is 0 Å². The van der Waals surface area contributed by atoms with E-state index < -0.39 is 5.75 Å². The molecule has 3 nitrogen and oxygen atoms in total. The van der Waals surface area contributed by atoms with Gasteiger partial charge in [-0.05, 0) is 6.07 Å². The molecule has 1 aromatic carbocycles. The third-order valence-corrected chi connectivity index (χ3v) is 2.18. The molecule has 0 aromatic heterocycles. The smallest absolute Gasteiger partial charge is 0.200 e. The highest BCUT2D eigenvalue weighted by Gasteiger charge is 2.08. The van der Waals surface area contributed by atoms with Crippen LogP contribution in [0.1, 0.15) is 5.56 Å². The van der Waals surface area contributed by atoms with Crippen LogP contribution in [0.3, 0.4) is 0 Å². The van der Waals surface area contributed by atoms with Crippen LogP contribution < -0.4 is 0 Å². The van der Waals surface area contributed by atoms with Crippen LogP contribution >= 0.6 is 22.6 Å². The quantitative estimate of drug-likeness (QED) is 0.412. The molecule has 1 aromatic rings. The van der Waals surface area contributed by atoms with Crippen LogP contribution in [-0.2, 0) is 4.43 Å². The Morgan fingerprint density at radius 1 is 1.09 bits per heavy atom. The first-order valence-electron chi connectivity index (χ1n) is 2.95. The molecule has 0 fully saturated rings. The topological polar surface area (TPSA) is 60.7 Å². The van der Waals surface area contributed by atoms with Gasteiger partial charge in [-0.15, -0.1) is 0 Å². The van der Waals surface area contributed by atoms with E-state index in [9.17, 15) is 0 Å². The van der Waals surface area contributed by atoms with E-state index in [1.54, 1.807) is 6.07 Å². The molecule has 0 saturated carbocycles. The van der Waals surface area contributed by atoms with Crippen molar-refractivity contribution in [3.05, 3.63) is 17.7 Å². The van der Waals surface area contributed by atoms with Gasteiger partial charge in [0, 0.05) is 9.99 Å². The number of hydrogen-bond acceptors (Lipinski definition) is 3. The van der Waals surface area contributed by atoms with Crippen molar-refractivity contribution < 1.29 is 15.3 Å². The van der Waals surface area contributed by atoms with E-state index in [1.807, 2.05) is 0 Å². The number of aromatic hydroxyl groups is 3. The van der Waals surface area contributed by atoms with Crippen molar-refractivity contribution in [2.75, 3.05) is 0 Å². The molecule has 0 unspecified atom stereocenters. The molecule has 11 heavy (non-hydrogen) atoms. The fraction of sp³-hybridized carbons (Fsp3) is 0.143. The van der Waals surface area contributed by atoms with Crippen molar-refractivity contribution in [1.29, 1.82) is 0 Å². The van der Waals surface area contributed by atoms with Gasteiger partial charge < -0.3 is 15.3 Å². The van der Waals surface area contributed by atoms with Crippen LogP contribution in [0.4, 0.5) is 0 Å². The standard InChI is InChI=1S/C7H7IO3/c8-3-4-1-2-5(9)7(11)6(4)10/h1-2,9-11H,3H2. The summed E-state index contributed by atoms with van der Waals surface area (Å²) < 4.78 is 0.595. The second-order valence-corrected chi connectivity index (χ2v) is 2.84. The van der Waals surface area contributed by atoms with E-state index in [4.69, 9.17) is 15.3 Å². The lowest BCUT2D eigenvalue weighted by molar-refractivity contribution is 0.366.